The van der Waals surface area contributed by atoms with Gasteiger partial charge in [-0.1, -0.05) is 13.8 Å². The molecule has 3 nitrogen and oxygen atoms in total. The van der Waals surface area contributed by atoms with Gasteiger partial charge in [-0.25, -0.2) is 0 Å². The Hall–Kier alpha value is 0.0969. The summed E-state index contributed by atoms with van der Waals surface area (Å²) in [5.74, 6) is 0. The maximum absolute atomic E-state index is 5.23. The van der Waals surface area contributed by atoms with Crippen LogP contribution in [-0.2, 0) is 13.9 Å². The Balaban J connectivity index is 3.25. The van der Waals surface area contributed by atoms with E-state index in [2.05, 4.69) is 13.8 Å². The quantitative estimate of drug-likeness (QED) is 0.418. The van der Waals surface area contributed by atoms with Crippen LogP contribution in [0, 0.1) is 0 Å². The van der Waals surface area contributed by atoms with Crippen LogP contribution in [-0.4, -0.2) is 30.2 Å². The van der Waals surface area contributed by atoms with Crippen molar-refractivity contribution in [2.75, 3.05) is 13.2 Å². The lowest BCUT2D eigenvalue weighted by Crippen LogP contribution is -2.20. The Labute approximate surface area is 71.6 Å². The molecule has 0 saturated carbocycles. The normalized spacial score (nSPS) is 11.2. The fourth-order valence-corrected chi connectivity index (χ4v) is 0.885. The Morgan fingerprint density at radius 3 is 1.82 bits per heavy atom. The molecule has 0 N–H and O–H groups in total. The zero-order valence-electron chi connectivity index (χ0n) is 7.63. The van der Waals surface area contributed by atoms with Crippen LogP contribution in [0.25, 0.3) is 0 Å². The predicted molar refractivity (Wildman–Crippen MR) is 47.3 cm³/mol. The molecule has 4 heteroatoms. The molecular weight excluding hydrogens is 160 g/mol. The molecule has 0 aliphatic rings. The van der Waals surface area contributed by atoms with Gasteiger partial charge in [-0.2, -0.15) is 0 Å². The van der Waals surface area contributed by atoms with E-state index in [4.69, 9.17) is 13.9 Å². The van der Waals surface area contributed by atoms with Crippen LogP contribution in [0.15, 0.2) is 0 Å². The average Bonchev–Trinajstić information content (AvgIpc) is 2.05. The van der Waals surface area contributed by atoms with E-state index >= 15 is 0 Å². The molecule has 68 valence electrons. The molecule has 0 aliphatic heterocycles. The van der Waals surface area contributed by atoms with E-state index in [1.165, 1.54) is 0 Å². The predicted octanol–water partition coefficient (Wildman–Crippen LogP) is 0.420. The minimum absolute atomic E-state index is 0.415. The summed E-state index contributed by atoms with van der Waals surface area (Å²) in [6, 6.07) is 0. The summed E-state index contributed by atoms with van der Waals surface area (Å²) in [6.45, 7) is 5.11. The van der Waals surface area contributed by atoms with Gasteiger partial charge in [-0.05, 0) is 12.8 Å². The van der Waals surface area contributed by atoms with E-state index in [0.29, 0.717) is 23.7 Å². The van der Waals surface area contributed by atoms with Crippen molar-refractivity contribution in [2.45, 2.75) is 33.2 Å². The van der Waals surface area contributed by atoms with Crippen LogP contribution in [0.5, 0.6) is 0 Å². The van der Waals surface area contributed by atoms with Crippen LogP contribution < -0.4 is 0 Å². The molecule has 0 spiro atoms. The Bertz CT molecular complexity index is 72.1. The first kappa shape index (κ1) is 11.1. The molecule has 0 bridgehead atoms. The maximum atomic E-state index is 5.23. The highest BCUT2D eigenvalue weighted by atomic mass is 28.2. The summed E-state index contributed by atoms with van der Waals surface area (Å²) in [7, 11) is 0.656. The lowest BCUT2D eigenvalue weighted by atomic mass is 10.5. The van der Waals surface area contributed by atoms with Gasteiger partial charge in [0, 0.05) is 0 Å². The zero-order valence-corrected chi connectivity index (χ0v) is 9.63. The van der Waals surface area contributed by atoms with E-state index in [1.807, 2.05) is 0 Å². The Morgan fingerprint density at radius 1 is 1.09 bits per heavy atom. The first-order valence-corrected chi connectivity index (χ1v) is 4.92. The van der Waals surface area contributed by atoms with Gasteiger partial charge in [0.1, 0.15) is 0 Å². The molecule has 0 unspecified atom stereocenters. The smallest absolute Gasteiger partial charge is 0.261 e. The van der Waals surface area contributed by atoms with Gasteiger partial charge in [0.2, 0.25) is 0 Å². The fourth-order valence-electron chi connectivity index (χ4n) is 0.612. The highest BCUT2D eigenvalue weighted by molar-refractivity contribution is 5.97. The van der Waals surface area contributed by atoms with Gasteiger partial charge in [0.15, 0.2) is 10.5 Å². The second-order valence-electron chi connectivity index (χ2n) is 2.27. The molecule has 0 radical (unpaired) electrons. The molecule has 0 heterocycles. The second kappa shape index (κ2) is 8.20. The summed E-state index contributed by atoms with van der Waals surface area (Å²) in [5.41, 5.74) is 0. The summed E-state index contributed by atoms with van der Waals surface area (Å²) in [5, 5.41) is 0. The first-order chi connectivity index (χ1) is 5.35. The minimum Gasteiger partial charge on any atom is -0.383 e. The monoisotopic (exact) mass is 178 g/mol. The Kier molecular flexibility index (Phi) is 8.27. The second-order valence-corrected chi connectivity index (χ2v) is 2.74. The van der Waals surface area contributed by atoms with Crippen molar-refractivity contribution in [3.05, 3.63) is 0 Å². The fraction of sp³-hybridized carbons (Fsp3) is 1.00. The van der Waals surface area contributed by atoms with Crippen molar-refractivity contribution in [3.8, 4) is 0 Å². The molecule has 11 heavy (non-hydrogen) atoms. The SMILES string of the molecule is CCCOC(O[SiH3])OCCC. The molecule has 0 aromatic heterocycles. The largest absolute Gasteiger partial charge is 0.383 e. The van der Waals surface area contributed by atoms with Crippen molar-refractivity contribution < 1.29 is 13.9 Å². The van der Waals surface area contributed by atoms with Crippen LogP contribution in [0.1, 0.15) is 26.7 Å². The number of hydrogen-bond acceptors (Lipinski definition) is 3. The molecule has 0 saturated heterocycles. The molecular formula is C7H18O3Si. The van der Waals surface area contributed by atoms with Crippen molar-refractivity contribution in [1.82, 2.24) is 0 Å². The van der Waals surface area contributed by atoms with Gasteiger partial charge < -0.3 is 13.9 Å². The average molecular weight is 178 g/mol. The molecule has 0 fully saturated rings. The third-order valence-electron chi connectivity index (χ3n) is 1.11. The summed E-state index contributed by atoms with van der Waals surface area (Å²) >= 11 is 0. The zero-order chi connectivity index (χ0) is 8.53. The standard InChI is InChI=1S/C7H18O3Si/c1-3-5-8-7(10-11)9-6-4-2/h7H,3-6H2,1-2,11H3. The van der Waals surface area contributed by atoms with Crippen LogP contribution >= 0.6 is 0 Å². The van der Waals surface area contributed by atoms with E-state index in [1.54, 1.807) is 0 Å². The van der Waals surface area contributed by atoms with Crippen molar-refractivity contribution in [3.63, 3.8) is 0 Å². The van der Waals surface area contributed by atoms with Gasteiger partial charge in [0.05, 0.1) is 13.2 Å². The van der Waals surface area contributed by atoms with Crippen LogP contribution in [0.4, 0.5) is 0 Å². The maximum Gasteiger partial charge on any atom is 0.261 e. The van der Waals surface area contributed by atoms with E-state index in [9.17, 15) is 0 Å². The number of ether oxygens (including phenoxy) is 2. The minimum atomic E-state index is -0.415. The lowest BCUT2D eigenvalue weighted by molar-refractivity contribution is -0.245. The number of hydrogen-bond donors (Lipinski definition) is 0. The number of rotatable bonds is 7. The third kappa shape index (κ3) is 6.49. The van der Waals surface area contributed by atoms with Crippen LogP contribution in [0.2, 0.25) is 0 Å². The summed E-state index contributed by atoms with van der Waals surface area (Å²) in [6.07, 6.45) is 1.99. The third-order valence-corrected chi connectivity index (χ3v) is 1.49. The molecule has 0 aromatic carbocycles. The highest BCUT2D eigenvalue weighted by Gasteiger charge is 2.03. The van der Waals surface area contributed by atoms with Crippen molar-refractivity contribution in [2.24, 2.45) is 0 Å². The van der Waals surface area contributed by atoms with Crippen molar-refractivity contribution in [1.29, 1.82) is 0 Å². The Morgan fingerprint density at radius 2 is 1.55 bits per heavy atom. The molecule has 0 aromatic rings. The molecule has 0 aliphatic carbocycles. The first-order valence-electron chi connectivity index (χ1n) is 4.11. The highest BCUT2D eigenvalue weighted by Crippen LogP contribution is 1.97. The van der Waals surface area contributed by atoms with Crippen molar-refractivity contribution >= 4 is 10.5 Å². The summed E-state index contributed by atoms with van der Waals surface area (Å²) < 4.78 is 15.5. The van der Waals surface area contributed by atoms with Gasteiger partial charge in [-0.15, -0.1) is 0 Å². The summed E-state index contributed by atoms with van der Waals surface area (Å²) in [4.78, 5) is 0. The van der Waals surface area contributed by atoms with E-state index in [-0.39, 0.29) is 0 Å². The van der Waals surface area contributed by atoms with Crippen LogP contribution in [0.3, 0.4) is 0 Å². The van der Waals surface area contributed by atoms with Gasteiger partial charge >= 0.3 is 0 Å². The van der Waals surface area contributed by atoms with E-state index in [0.717, 1.165) is 12.8 Å². The topological polar surface area (TPSA) is 27.7 Å². The van der Waals surface area contributed by atoms with Gasteiger partial charge in [-0.3, -0.25) is 0 Å². The molecule has 0 atom stereocenters. The lowest BCUT2D eigenvalue weighted by Gasteiger charge is -2.15. The molecule has 0 amide bonds. The van der Waals surface area contributed by atoms with Gasteiger partial charge in [0.25, 0.3) is 6.48 Å². The van der Waals surface area contributed by atoms with E-state index < -0.39 is 6.48 Å². The molecule has 0 rings (SSSR count).